The molecule has 3 aromatic rings. The van der Waals surface area contributed by atoms with Crippen molar-refractivity contribution in [1.82, 2.24) is 9.88 Å². The first kappa shape index (κ1) is 22.7. The van der Waals surface area contributed by atoms with Gasteiger partial charge in [-0.2, -0.15) is 0 Å². The minimum atomic E-state index is -0.665. The maximum atomic E-state index is 13.7. The molecule has 2 heterocycles. The highest BCUT2D eigenvalue weighted by Gasteiger charge is 2.44. The molecule has 0 saturated carbocycles. The minimum Gasteiger partial charge on any atom is -0.503 e. The van der Waals surface area contributed by atoms with Crippen LogP contribution in [0.25, 0.3) is 10.6 Å². The van der Waals surface area contributed by atoms with Crippen molar-refractivity contribution in [2.24, 2.45) is 0 Å². The van der Waals surface area contributed by atoms with E-state index in [1.807, 2.05) is 68.4 Å². The second-order valence-corrected chi connectivity index (χ2v) is 8.79. The molecule has 33 heavy (non-hydrogen) atoms. The molecule has 170 valence electrons. The molecule has 1 N–H and O–H groups in total. The highest BCUT2D eigenvalue weighted by Crippen LogP contribution is 2.41. The molecular weight excluding hydrogens is 436 g/mol. The van der Waals surface area contributed by atoms with Crippen molar-refractivity contribution in [1.29, 1.82) is 0 Å². The van der Waals surface area contributed by atoms with Crippen molar-refractivity contribution in [3.63, 3.8) is 0 Å². The summed E-state index contributed by atoms with van der Waals surface area (Å²) in [5, 5.41) is 11.5. The fourth-order valence-electron chi connectivity index (χ4n) is 4.05. The van der Waals surface area contributed by atoms with Crippen LogP contribution in [0.3, 0.4) is 0 Å². The number of hydrogen-bond donors (Lipinski definition) is 1. The van der Waals surface area contributed by atoms with Gasteiger partial charge in [0.25, 0.3) is 5.91 Å². The molecule has 1 aliphatic rings. The van der Waals surface area contributed by atoms with Crippen LogP contribution in [0.4, 0.5) is 0 Å². The van der Waals surface area contributed by atoms with E-state index in [-0.39, 0.29) is 11.4 Å². The molecule has 1 aromatic heterocycles. The predicted octanol–water partition coefficient (Wildman–Crippen LogP) is 5.51. The lowest BCUT2D eigenvalue weighted by atomic mass is 9.95. The van der Waals surface area contributed by atoms with E-state index in [1.54, 1.807) is 11.8 Å². The molecule has 1 unspecified atom stereocenters. The summed E-state index contributed by atoms with van der Waals surface area (Å²) in [6.07, 6.45) is 0.700. The summed E-state index contributed by atoms with van der Waals surface area (Å²) in [4.78, 5) is 33.2. The van der Waals surface area contributed by atoms with Crippen LogP contribution in [0.2, 0.25) is 0 Å². The third-order valence-electron chi connectivity index (χ3n) is 5.54. The van der Waals surface area contributed by atoms with Crippen LogP contribution in [-0.2, 0) is 4.79 Å². The van der Waals surface area contributed by atoms with Crippen LogP contribution in [0.5, 0.6) is 5.75 Å². The van der Waals surface area contributed by atoms with Gasteiger partial charge < -0.3 is 14.7 Å². The zero-order chi connectivity index (χ0) is 23.5. The molecule has 0 fully saturated rings. The number of nitrogens with zero attached hydrogens (tertiary/aromatic N) is 2. The van der Waals surface area contributed by atoms with Gasteiger partial charge in [0, 0.05) is 12.1 Å². The van der Waals surface area contributed by atoms with Crippen LogP contribution in [0, 0.1) is 6.92 Å². The van der Waals surface area contributed by atoms with E-state index in [4.69, 9.17) is 4.74 Å². The van der Waals surface area contributed by atoms with Crippen molar-refractivity contribution in [2.45, 2.75) is 33.2 Å². The molecule has 1 amide bonds. The Morgan fingerprint density at radius 3 is 2.45 bits per heavy atom. The number of aromatic nitrogens is 1. The van der Waals surface area contributed by atoms with Gasteiger partial charge in [-0.1, -0.05) is 49.4 Å². The van der Waals surface area contributed by atoms with Gasteiger partial charge in [0.05, 0.1) is 28.8 Å². The first-order valence-corrected chi connectivity index (χ1v) is 11.8. The van der Waals surface area contributed by atoms with Crippen molar-refractivity contribution < 1.29 is 19.4 Å². The van der Waals surface area contributed by atoms with Gasteiger partial charge in [0.2, 0.25) is 5.78 Å². The summed E-state index contributed by atoms with van der Waals surface area (Å²) < 4.78 is 5.53. The Morgan fingerprint density at radius 1 is 1.12 bits per heavy atom. The van der Waals surface area contributed by atoms with Crippen LogP contribution < -0.4 is 4.74 Å². The van der Waals surface area contributed by atoms with Crippen molar-refractivity contribution in [3.8, 4) is 16.3 Å². The molecule has 1 atom stereocenters. The van der Waals surface area contributed by atoms with Gasteiger partial charge >= 0.3 is 0 Å². The molecule has 1 aliphatic heterocycles. The number of ether oxygens (including phenoxy) is 1. The van der Waals surface area contributed by atoms with Gasteiger partial charge in [0.1, 0.15) is 10.8 Å². The monoisotopic (exact) mass is 462 g/mol. The summed E-state index contributed by atoms with van der Waals surface area (Å²) >= 11 is 1.28. The second-order valence-electron chi connectivity index (χ2n) is 7.79. The van der Waals surface area contributed by atoms with Crippen LogP contribution in [-0.4, -0.2) is 39.8 Å². The maximum absolute atomic E-state index is 13.7. The maximum Gasteiger partial charge on any atom is 0.290 e. The van der Waals surface area contributed by atoms with E-state index in [2.05, 4.69) is 4.98 Å². The number of ketones is 1. The number of carbonyl (C=O) groups is 2. The molecule has 0 saturated heterocycles. The lowest BCUT2D eigenvalue weighted by Crippen LogP contribution is -2.31. The van der Waals surface area contributed by atoms with E-state index in [0.717, 1.165) is 16.1 Å². The van der Waals surface area contributed by atoms with Crippen molar-refractivity contribution >= 4 is 23.0 Å². The van der Waals surface area contributed by atoms with Gasteiger partial charge in [0.15, 0.2) is 5.76 Å². The number of hydrogen-bond acceptors (Lipinski definition) is 6. The number of amides is 1. The first-order chi connectivity index (χ1) is 16.0. The lowest BCUT2D eigenvalue weighted by Gasteiger charge is -2.26. The summed E-state index contributed by atoms with van der Waals surface area (Å²) in [5.74, 6) is -0.666. The number of thiazole rings is 1. The molecule has 6 nitrogen and oxygen atoms in total. The van der Waals surface area contributed by atoms with E-state index in [1.165, 1.54) is 11.3 Å². The molecule has 0 radical (unpaired) electrons. The third-order valence-corrected chi connectivity index (χ3v) is 6.75. The smallest absolute Gasteiger partial charge is 0.290 e. The molecule has 7 heteroatoms. The summed E-state index contributed by atoms with van der Waals surface area (Å²) in [6.45, 7) is 6.61. The minimum absolute atomic E-state index is 0.101. The zero-order valence-corrected chi connectivity index (χ0v) is 19.7. The number of Topliss-reactive ketones (excluding diaryl/α,β-unsaturated/α-hetero) is 1. The van der Waals surface area contributed by atoms with Crippen LogP contribution >= 0.6 is 11.3 Å². The van der Waals surface area contributed by atoms with Gasteiger partial charge in [-0.15, -0.1) is 11.3 Å². The number of benzene rings is 2. The third kappa shape index (κ3) is 4.28. The van der Waals surface area contributed by atoms with Gasteiger partial charge in [-0.05, 0) is 38.0 Å². The second kappa shape index (κ2) is 9.58. The topological polar surface area (TPSA) is 79.7 Å². The summed E-state index contributed by atoms with van der Waals surface area (Å²) in [7, 11) is 0. The Labute approximate surface area is 197 Å². The Hall–Kier alpha value is -3.45. The van der Waals surface area contributed by atoms with E-state index in [0.29, 0.717) is 35.9 Å². The highest BCUT2D eigenvalue weighted by molar-refractivity contribution is 7.17. The van der Waals surface area contributed by atoms with Crippen molar-refractivity contribution in [3.05, 3.63) is 82.1 Å². The molecule has 0 bridgehead atoms. The summed E-state index contributed by atoms with van der Waals surface area (Å²) in [5.41, 5.74) is 2.35. The highest BCUT2D eigenvalue weighted by atomic mass is 32.1. The predicted molar refractivity (Wildman–Crippen MR) is 129 cm³/mol. The number of aliphatic hydroxyl groups is 1. The Kier molecular flexibility index (Phi) is 6.60. The molecule has 0 spiro atoms. The number of aliphatic hydroxyl groups excluding tert-OH is 1. The van der Waals surface area contributed by atoms with Gasteiger partial charge in [-0.3, -0.25) is 9.59 Å². The average molecular weight is 463 g/mol. The van der Waals surface area contributed by atoms with E-state index >= 15 is 0 Å². The Balaban J connectivity index is 1.76. The number of aryl methyl sites for hydroxylation is 1. The normalized spacial score (nSPS) is 15.9. The fourth-order valence-corrected chi connectivity index (χ4v) is 5.08. The lowest BCUT2D eigenvalue weighted by molar-refractivity contribution is -0.129. The van der Waals surface area contributed by atoms with Crippen LogP contribution in [0.15, 0.2) is 65.9 Å². The van der Waals surface area contributed by atoms with Gasteiger partial charge in [-0.25, -0.2) is 4.98 Å². The number of carbonyl (C=O) groups excluding carboxylic acids is 2. The largest absolute Gasteiger partial charge is 0.503 e. The van der Waals surface area contributed by atoms with E-state index < -0.39 is 17.7 Å². The van der Waals surface area contributed by atoms with Crippen LogP contribution in [0.1, 0.15) is 47.2 Å². The zero-order valence-electron chi connectivity index (χ0n) is 18.9. The SMILES string of the molecule is CCCN1C(=O)C(O)=C(C(=O)c2sc(-c3ccccc3)nc2C)C1c1ccc(OCC)cc1. The first-order valence-electron chi connectivity index (χ1n) is 11.0. The standard InChI is InChI=1S/C26H26N2O4S/c1-4-15-28-21(17-11-13-19(14-12-17)32-5-2)20(23(30)26(28)31)22(29)24-16(3)27-25(33-24)18-9-7-6-8-10-18/h6-14,21,30H,4-5,15H2,1-3H3. The summed E-state index contributed by atoms with van der Waals surface area (Å²) in [6, 6.07) is 16.3. The average Bonchev–Trinajstić information content (AvgIpc) is 3.33. The quantitative estimate of drug-likeness (QED) is 0.447. The Morgan fingerprint density at radius 2 is 1.82 bits per heavy atom. The molecule has 0 aliphatic carbocycles. The van der Waals surface area contributed by atoms with Crippen molar-refractivity contribution in [2.75, 3.05) is 13.2 Å². The Bertz CT molecular complexity index is 1200. The fraction of sp³-hybridized carbons (Fsp3) is 0.269. The number of rotatable bonds is 8. The molecule has 2 aromatic carbocycles. The molecular formula is C26H26N2O4S. The van der Waals surface area contributed by atoms with E-state index in [9.17, 15) is 14.7 Å². The molecule has 4 rings (SSSR count).